The first-order valence-electron chi connectivity index (χ1n) is 8.47. The van der Waals surface area contributed by atoms with E-state index in [4.69, 9.17) is 0 Å². The van der Waals surface area contributed by atoms with E-state index in [0.717, 1.165) is 6.54 Å². The van der Waals surface area contributed by atoms with Crippen molar-refractivity contribution in [1.82, 2.24) is 0 Å². The highest BCUT2D eigenvalue weighted by Crippen LogP contribution is 2.50. The minimum atomic E-state index is 0.350. The Morgan fingerprint density at radius 2 is 1.35 bits per heavy atom. The van der Waals surface area contributed by atoms with Crippen LogP contribution in [-0.4, -0.2) is 6.54 Å². The second kappa shape index (κ2) is 4.99. The van der Waals surface area contributed by atoms with Gasteiger partial charge in [-0.2, -0.15) is 0 Å². The summed E-state index contributed by atoms with van der Waals surface area (Å²) < 4.78 is 0. The molecular formula is C22H19N. The number of fused-ring (bicyclic) bond motifs is 4. The Labute approximate surface area is 137 Å². The standard InChI is InChI=1S/C22H19N/c1-3-11-18-16(9-1)17-10-2-4-12-19(17)21(18)20-13-5-7-15-8-6-14-23-22(15)20/h1-5,7,9-13,21,23H,6,8,14H2. The molecule has 0 fully saturated rings. The van der Waals surface area contributed by atoms with Crippen LogP contribution in [0, 0.1) is 0 Å². The van der Waals surface area contributed by atoms with Gasteiger partial charge in [0.2, 0.25) is 0 Å². The van der Waals surface area contributed by atoms with E-state index in [1.165, 1.54) is 51.9 Å². The fraction of sp³-hybridized carbons (Fsp3) is 0.182. The smallest absolute Gasteiger partial charge is 0.0415 e. The molecule has 1 aliphatic carbocycles. The zero-order chi connectivity index (χ0) is 15.2. The van der Waals surface area contributed by atoms with E-state index in [0.29, 0.717) is 5.92 Å². The summed E-state index contributed by atoms with van der Waals surface area (Å²) in [6.45, 7) is 1.08. The molecule has 0 saturated carbocycles. The molecule has 0 aromatic heterocycles. The van der Waals surface area contributed by atoms with E-state index in [1.54, 1.807) is 0 Å². The fourth-order valence-corrected chi connectivity index (χ4v) is 4.27. The largest absolute Gasteiger partial charge is 0.385 e. The Morgan fingerprint density at radius 3 is 2.09 bits per heavy atom. The Kier molecular flexibility index (Phi) is 2.81. The van der Waals surface area contributed by atoms with Crippen molar-refractivity contribution in [1.29, 1.82) is 0 Å². The number of benzene rings is 3. The average molecular weight is 297 g/mol. The van der Waals surface area contributed by atoms with Crippen molar-refractivity contribution < 1.29 is 0 Å². The van der Waals surface area contributed by atoms with Crippen LogP contribution in [-0.2, 0) is 6.42 Å². The molecule has 1 nitrogen and oxygen atoms in total. The molecule has 1 heterocycles. The molecule has 0 amide bonds. The molecule has 0 saturated heterocycles. The lowest BCUT2D eigenvalue weighted by atomic mass is 9.85. The third kappa shape index (κ3) is 1.86. The van der Waals surface area contributed by atoms with E-state index >= 15 is 0 Å². The zero-order valence-electron chi connectivity index (χ0n) is 13.0. The zero-order valence-corrected chi connectivity index (χ0v) is 13.0. The molecule has 0 unspecified atom stereocenters. The number of anilines is 1. The Bertz CT molecular complexity index is 848. The summed E-state index contributed by atoms with van der Waals surface area (Å²) in [6.07, 6.45) is 2.42. The molecule has 1 N–H and O–H groups in total. The van der Waals surface area contributed by atoms with Gasteiger partial charge in [0.15, 0.2) is 0 Å². The van der Waals surface area contributed by atoms with Crippen LogP contribution in [0.5, 0.6) is 0 Å². The maximum Gasteiger partial charge on any atom is 0.0415 e. The molecule has 112 valence electrons. The predicted octanol–water partition coefficient (Wildman–Crippen LogP) is 5.21. The highest BCUT2D eigenvalue weighted by atomic mass is 14.9. The van der Waals surface area contributed by atoms with Crippen molar-refractivity contribution in [2.24, 2.45) is 0 Å². The molecule has 0 atom stereocenters. The van der Waals surface area contributed by atoms with Crippen molar-refractivity contribution in [3.8, 4) is 11.1 Å². The topological polar surface area (TPSA) is 12.0 Å². The van der Waals surface area contributed by atoms with Gasteiger partial charge in [-0.3, -0.25) is 0 Å². The van der Waals surface area contributed by atoms with Gasteiger partial charge in [0.05, 0.1) is 0 Å². The maximum atomic E-state index is 3.67. The van der Waals surface area contributed by atoms with Crippen LogP contribution >= 0.6 is 0 Å². The number of rotatable bonds is 1. The second-order valence-corrected chi connectivity index (χ2v) is 6.52. The maximum absolute atomic E-state index is 3.67. The first-order valence-corrected chi connectivity index (χ1v) is 8.47. The molecule has 0 bridgehead atoms. The molecular weight excluding hydrogens is 278 g/mol. The Balaban J connectivity index is 1.78. The van der Waals surface area contributed by atoms with E-state index in [-0.39, 0.29) is 0 Å². The van der Waals surface area contributed by atoms with E-state index < -0.39 is 0 Å². The lowest BCUT2D eigenvalue weighted by Crippen LogP contribution is -2.15. The van der Waals surface area contributed by atoms with Gasteiger partial charge < -0.3 is 5.32 Å². The molecule has 2 aliphatic rings. The van der Waals surface area contributed by atoms with E-state index in [1.807, 2.05) is 0 Å². The summed E-state index contributed by atoms with van der Waals surface area (Å²) in [6, 6.07) is 24.6. The summed E-state index contributed by atoms with van der Waals surface area (Å²) in [7, 11) is 0. The monoisotopic (exact) mass is 297 g/mol. The quantitative estimate of drug-likeness (QED) is 0.509. The minimum absolute atomic E-state index is 0.350. The van der Waals surface area contributed by atoms with Gasteiger partial charge in [-0.05, 0) is 46.2 Å². The SMILES string of the molecule is c1ccc2c(c1)-c1ccccc1C2c1cccc2c1NCCC2. The van der Waals surface area contributed by atoms with Crippen LogP contribution in [0.25, 0.3) is 11.1 Å². The van der Waals surface area contributed by atoms with Crippen molar-refractivity contribution in [3.63, 3.8) is 0 Å². The van der Waals surface area contributed by atoms with Crippen molar-refractivity contribution in [2.75, 3.05) is 11.9 Å². The summed E-state index contributed by atoms with van der Waals surface area (Å²) in [5.74, 6) is 0.350. The van der Waals surface area contributed by atoms with Gasteiger partial charge >= 0.3 is 0 Å². The van der Waals surface area contributed by atoms with E-state index in [2.05, 4.69) is 72.0 Å². The van der Waals surface area contributed by atoms with Gasteiger partial charge in [-0.25, -0.2) is 0 Å². The highest BCUT2D eigenvalue weighted by molar-refractivity contribution is 5.82. The first kappa shape index (κ1) is 13.0. The number of aryl methyl sites for hydroxylation is 1. The molecule has 23 heavy (non-hydrogen) atoms. The van der Waals surface area contributed by atoms with Crippen molar-refractivity contribution >= 4 is 5.69 Å². The second-order valence-electron chi connectivity index (χ2n) is 6.52. The molecule has 3 aromatic rings. The number of nitrogens with one attached hydrogen (secondary N) is 1. The summed E-state index contributed by atoms with van der Waals surface area (Å²) >= 11 is 0. The van der Waals surface area contributed by atoms with Crippen LogP contribution in [0.3, 0.4) is 0 Å². The van der Waals surface area contributed by atoms with Crippen LogP contribution in [0.15, 0.2) is 66.7 Å². The lowest BCUT2D eigenvalue weighted by Gasteiger charge is -2.25. The van der Waals surface area contributed by atoms with Gasteiger partial charge in [0, 0.05) is 18.2 Å². The molecule has 1 aliphatic heterocycles. The lowest BCUT2D eigenvalue weighted by molar-refractivity contribution is 0.821. The number of para-hydroxylation sites is 1. The summed E-state index contributed by atoms with van der Waals surface area (Å²) in [5.41, 5.74) is 9.93. The van der Waals surface area contributed by atoms with Gasteiger partial charge in [-0.15, -0.1) is 0 Å². The molecule has 0 spiro atoms. The van der Waals surface area contributed by atoms with Gasteiger partial charge in [0.1, 0.15) is 0 Å². The van der Waals surface area contributed by atoms with Crippen molar-refractivity contribution in [2.45, 2.75) is 18.8 Å². The highest BCUT2D eigenvalue weighted by Gasteiger charge is 2.31. The Morgan fingerprint density at radius 1 is 0.696 bits per heavy atom. The molecule has 1 heteroatoms. The number of hydrogen-bond acceptors (Lipinski definition) is 1. The van der Waals surface area contributed by atoms with Gasteiger partial charge in [0.25, 0.3) is 0 Å². The third-order valence-corrected chi connectivity index (χ3v) is 5.25. The van der Waals surface area contributed by atoms with Crippen LogP contribution in [0.1, 0.15) is 34.6 Å². The summed E-state index contributed by atoms with van der Waals surface area (Å²) in [5, 5.41) is 3.67. The fourth-order valence-electron chi connectivity index (χ4n) is 4.27. The summed E-state index contributed by atoms with van der Waals surface area (Å²) in [4.78, 5) is 0. The minimum Gasteiger partial charge on any atom is -0.385 e. The van der Waals surface area contributed by atoms with Crippen LogP contribution < -0.4 is 5.32 Å². The normalized spacial score (nSPS) is 15.5. The van der Waals surface area contributed by atoms with E-state index in [9.17, 15) is 0 Å². The molecule has 3 aromatic carbocycles. The number of hydrogen-bond donors (Lipinski definition) is 1. The molecule has 0 radical (unpaired) electrons. The first-order chi connectivity index (χ1) is 11.4. The average Bonchev–Trinajstić information content (AvgIpc) is 2.96. The predicted molar refractivity (Wildman–Crippen MR) is 96.1 cm³/mol. The van der Waals surface area contributed by atoms with Crippen LogP contribution in [0.2, 0.25) is 0 Å². The van der Waals surface area contributed by atoms with Crippen LogP contribution in [0.4, 0.5) is 5.69 Å². The van der Waals surface area contributed by atoms with Crippen molar-refractivity contribution in [3.05, 3.63) is 89.0 Å². The molecule has 5 rings (SSSR count). The third-order valence-electron chi connectivity index (χ3n) is 5.25. The van der Waals surface area contributed by atoms with Gasteiger partial charge in [-0.1, -0.05) is 66.7 Å². The Hall–Kier alpha value is -2.54.